The third-order valence-electron chi connectivity index (χ3n) is 4.57. The minimum absolute atomic E-state index is 0.0377. The number of non-ortho nitro benzene ring substituents is 1. The maximum atomic E-state index is 12.1. The number of benzene rings is 1. The zero-order valence-corrected chi connectivity index (χ0v) is 14.9. The summed E-state index contributed by atoms with van der Waals surface area (Å²) in [5.41, 5.74) is 2.22. The van der Waals surface area contributed by atoms with Gasteiger partial charge >= 0.3 is 0 Å². The first-order valence-electron chi connectivity index (χ1n) is 8.32. The molecule has 0 radical (unpaired) electrons. The largest absolute Gasteiger partial charge is 0.354 e. The van der Waals surface area contributed by atoms with Crippen LogP contribution in [0.4, 0.5) is 5.69 Å². The van der Waals surface area contributed by atoms with Gasteiger partial charge in [0.2, 0.25) is 5.91 Å². The van der Waals surface area contributed by atoms with E-state index in [9.17, 15) is 14.9 Å². The zero-order valence-electron chi connectivity index (χ0n) is 14.1. The van der Waals surface area contributed by atoms with Crippen molar-refractivity contribution in [1.29, 1.82) is 0 Å². The maximum absolute atomic E-state index is 12.1. The van der Waals surface area contributed by atoms with Gasteiger partial charge in [0.25, 0.3) is 5.69 Å². The summed E-state index contributed by atoms with van der Waals surface area (Å²) in [4.78, 5) is 26.2. The number of carbonyl (C=O) groups is 1. The topological polar surface area (TPSA) is 75.5 Å². The molecule has 2 aromatic rings. The van der Waals surface area contributed by atoms with E-state index in [0.29, 0.717) is 6.54 Å². The molecule has 1 aliphatic heterocycles. The smallest absolute Gasteiger partial charge is 0.269 e. The van der Waals surface area contributed by atoms with Crippen LogP contribution in [0.2, 0.25) is 0 Å². The number of carbonyl (C=O) groups excluding carboxylic acids is 1. The zero-order chi connectivity index (χ0) is 17.8. The van der Waals surface area contributed by atoms with Crippen LogP contribution in [0.5, 0.6) is 0 Å². The molecule has 1 aliphatic rings. The second-order valence-corrected chi connectivity index (χ2v) is 7.34. The molecule has 0 saturated carbocycles. The van der Waals surface area contributed by atoms with Gasteiger partial charge in [0, 0.05) is 42.7 Å². The molecule has 0 fully saturated rings. The molecule has 1 N–H and O–H groups in total. The Morgan fingerprint density at radius 2 is 2.12 bits per heavy atom. The van der Waals surface area contributed by atoms with Gasteiger partial charge in [0.05, 0.1) is 11.3 Å². The molecular weight excluding hydrogens is 338 g/mol. The van der Waals surface area contributed by atoms with E-state index >= 15 is 0 Å². The lowest BCUT2D eigenvalue weighted by atomic mass is 10.1. The van der Waals surface area contributed by atoms with Crippen LogP contribution in [-0.2, 0) is 24.2 Å². The van der Waals surface area contributed by atoms with Crippen molar-refractivity contribution in [3.05, 3.63) is 61.8 Å². The van der Waals surface area contributed by atoms with Crippen LogP contribution in [0.25, 0.3) is 0 Å². The molecule has 1 atom stereocenters. The van der Waals surface area contributed by atoms with Crippen molar-refractivity contribution in [2.24, 2.45) is 0 Å². The number of amides is 1. The van der Waals surface area contributed by atoms with E-state index in [-0.39, 0.29) is 24.1 Å². The summed E-state index contributed by atoms with van der Waals surface area (Å²) in [5.74, 6) is -0.0612. The Morgan fingerprint density at radius 1 is 1.36 bits per heavy atom. The van der Waals surface area contributed by atoms with E-state index in [0.717, 1.165) is 25.1 Å². The molecule has 0 unspecified atom stereocenters. The molecule has 3 rings (SSSR count). The van der Waals surface area contributed by atoms with E-state index in [1.807, 2.05) is 11.3 Å². The van der Waals surface area contributed by atoms with Gasteiger partial charge in [-0.25, -0.2) is 0 Å². The highest BCUT2D eigenvalue weighted by atomic mass is 32.1. The first kappa shape index (κ1) is 17.6. The third kappa shape index (κ3) is 4.43. The van der Waals surface area contributed by atoms with Crippen LogP contribution in [0, 0.1) is 10.1 Å². The van der Waals surface area contributed by atoms with Gasteiger partial charge < -0.3 is 5.32 Å². The van der Waals surface area contributed by atoms with E-state index in [2.05, 4.69) is 28.6 Å². The van der Waals surface area contributed by atoms with E-state index < -0.39 is 4.92 Å². The van der Waals surface area contributed by atoms with Gasteiger partial charge in [-0.2, -0.15) is 0 Å². The Hall–Kier alpha value is -2.25. The fourth-order valence-corrected chi connectivity index (χ4v) is 3.91. The van der Waals surface area contributed by atoms with Crippen molar-refractivity contribution < 1.29 is 9.72 Å². The van der Waals surface area contributed by atoms with Crippen LogP contribution in [0.15, 0.2) is 35.7 Å². The summed E-state index contributed by atoms with van der Waals surface area (Å²) >= 11 is 1.82. The summed E-state index contributed by atoms with van der Waals surface area (Å²) in [6.45, 7) is 4.69. The minimum Gasteiger partial charge on any atom is -0.354 e. The highest BCUT2D eigenvalue weighted by molar-refractivity contribution is 7.10. The normalized spacial score (nSPS) is 15.4. The molecule has 1 aromatic carbocycles. The van der Waals surface area contributed by atoms with Crippen molar-refractivity contribution >= 4 is 22.9 Å². The first-order chi connectivity index (χ1) is 12.0. The first-order valence-corrected chi connectivity index (χ1v) is 9.20. The third-order valence-corrected chi connectivity index (χ3v) is 5.59. The number of rotatable bonds is 6. The molecular formula is C18H21N3O3S. The standard InChI is InChI=1S/C18H21N3O3S/c1-13(20-8-6-17-15(12-20)7-9-25-17)11-19-18(22)10-14-2-4-16(5-3-14)21(23)24/h2-5,7,9,13H,6,8,10-12H2,1H3,(H,19,22)/t13-/m0/s1. The molecule has 25 heavy (non-hydrogen) atoms. The fraction of sp³-hybridized carbons (Fsp3) is 0.389. The lowest BCUT2D eigenvalue weighted by Crippen LogP contribution is -2.44. The average molecular weight is 359 g/mol. The van der Waals surface area contributed by atoms with Crippen LogP contribution in [-0.4, -0.2) is 34.9 Å². The minimum atomic E-state index is -0.441. The molecule has 0 aliphatic carbocycles. The predicted molar refractivity (Wildman–Crippen MR) is 97.7 cm³/mol. The second-order valence-electron chi connectivity index (χ2n) is 6.34. The predicted octanol–water partition coefficient (Wildman–Crippen LogP) is 2.76. The van der Waals surface area contributed by atoms with Crippen molar-refractivity contribution in [3.63, 3.8) is 0 Å². The van der Waals surface area contributed by atoms with Gasteiger partial charge in [-0.15, -0.1) is 11.3 Å². The number of hydrogen-bond acceptors (Lipinski definition) is 5. The fourth-order valence-electron chi connectivity index (χ4n) is 3.02. The van der Waals surface area contributed by atoms with E-state index in [1.54, 1.807) is 12.1 Å². The van der Waals surface area contributed by atoms with Crippen molar-refractivity contribution in [3.8, 4) is 0 Å². The Bertz CT molecular complexity index is 757. The lowest BCUT2D eigenvalue weighted by molar-refractivity contribution is -0.384. The van der Waals surface area contributed by atoms with Crippen molar-refractivity contribution in [2.45, 2.75) is 32.4 Å². The SMILES string of the molecule is C[C@@H](CNC(=O)Cc1ccc([N+](=O)[O-])cc1)N1CCc2sccc2C1. The van der Waals surface area contributed by atoms with Crippen molar-refractivity contribution in [1.82, 2.24) is 10.2 Å². The summed E-state index contributed by atoms with van der Waals surface area (Å²) in [5, 5.41) is 15.8. The van der Waals surface area contributed by atoms with E-state index in [1.165, 1.54) is 22.6 Å². The maximum Gasteiger partial charge on any atom is 0.269 e. The molecule has 1 amide bonds. The molecule has 1 aromatic heterocycles. The van der Waals surface area contributed by atoms with Crippen LogP contribution >= 0.6 is 11.3 Å². The quantitative estimate of drug-likeness (QED) is 0.636. The molecule has 0 spiro atoms. The molecule has 0 bridgehead atoms. The Labute approximate surface area is 150 Å². The van der Waals surface area contributed by atoms with Gasteiger partial charge in [-0.1, -0.05) is 12.1 Å². The Balaban J connectivity index is 1.46. The second kappa shape index (κ2) is 7.76. The summed E-state index contributed by atoms with van der Waals surface area (Å²) < 4.78 is 0. The highest BCUT2D eigenvalue weighted by Crippen LogP contribution is 2.25. The number of hydrogen-bond donors (Lipinski definition) is 1. The van der Waals surface area contributed by atoms with Gasteiger partial charge in [-0.05, 0) is 35.9 Å². The molecule has 2 heterocycles. The number of fused-ring (bicyclic) bond motifs is 1. The van der Waals surface area contributed by atoms with E-state index in [4.69, 9.17) is 0 Å². The number of nitrogens with zero attached hydrogens (tertiary/aromatic N) is 2. The summed E-state index contributed by atoms with van der Waals surface area (Å²) in [6, 6.07) is 8.57. The number of thiophene rings is 1. The van der Waals surface area contributed by atoms with Crippen LogP contribution in [0.3, 0.4) is 0 Å². The van der Waals surface area contributed by atoms with Gasteiger partial charge in [0.1, 0.15) is 0 Å². The number of nitro groups is 1. The molecule has 6 nitrogen and oxygen atoms in total. The lowest BCUT2D eigenvalue weighted by Gasteiger charge is -2.32. The van der Waals surface area contributed by atoms with Gasteiger partial charge in [0.15, 0.2) is 0 Å². The monoisotopic (exact) mass is 359 g/mol. The highest BCUT2D eigenvalue weighted by Gasteiger charge is 2.21. The van der Waals surface area contributed by atoms with Gasteiger partial charge in [-0.3, -0.25) is 19.8 Å². The summed E-state index contributed by atoms with van der Waals surface area (Å²) in [7, 11) is 0. The Kier molecular flexibility index (Phi) is 5.45. The summed E-state index contributed by atoms with van der Waals surface area (Å²) in [6.07, 6.45) is 1.31. The molecule has 7 heteroatoms. The molecule has 132 valence electrons. The average Bonchev–Trinajstić information content (AvgIpc) is 3.07. The molecule has 0 saturated heterocycles. The van der Waals surface area contributed by atoms with Crippen LogP contribution in [0.1, 0.15) is 22.9 Å². The number of nitro benzene ring substituents is 1. The van der Waals surface area contributed by atoms with Crippen LogP contribution < -0.4 is 5.32 Å². The number of nitrogens with one attached hydrogen (secondary N) is 1. The van der Waals surface area contributed by atoms with Crippen molar-refractivity contribution in [2.75, 3.05) is 13.1 Å². The Morgan fingerprint density at radius 3 is 2.84 bits per heavy atom.